The van der Waals surface area contributed by atoms with E-state index in [9.17, 15) is 4.79 Å². The maximum atomic E-state index is 11.4. The lowest BCUT2D eigenvalue weighted by molar-refractivity contribution is -0.255. The van der Waals surface area contributed by atoms with E-state index in [1.165, 1.54) is 31.2 Å². The standard InChI is InChI=1S/C16H23N3O/c17-6-7-19-14-4-5-15(19)10-13(9-14)11-2-1-3-12(8-11)16(18)20/h1-3,8,13-15H,4-7,9-10,17H2,(H2,18,20)/p+1. The van der Waals surface area contributed by atoms with Gasteiger partial charge in [0.1, 0.15) is 0 Å². The van der Waals surface area contributed by atoms with E-state index in [1.54, 1.807) is 0 Å². The fourth-order valence-electron chi connectivity index (χ4n) is 4.03. The molecule has 0 aromatic heterocycles. The normalized spacial score (nSPS) is 29.6. The van der Waals surface area contributed by atoms with Crippen LogP contribution in [-0.2, 0) is 0 Å². The first-order valence-electron chi connectivity index (χ1n) is 7.61. The first-order valence-corrected chi connectivity index (χ1v) is 7.61. The van der Waals surface area contributed by atoms with Gasteiger partial charge in [-0.25, -0.2) is 4.79 Å². The Labute approximate surface area is 120 Å². The summed E-state index contributed by atoms with van der Waals surface area (Å²) in [5, 5.41) is 0. The highest BCUT2D eigenvalue weighted by Gasteiger charge is 2.40. The fraction of sp³-hybridized carbons (Fsp3) is 0.562. The first kappa shape index (κ1) is 13.7. The van der Waals surface area contributed by atoms with Gasteiger partial charge in [0, 0.05) is 25.2 Å². The minimum Gasteiger partial charge on any atom is -0.329 e. The highest BCUT2D eigenvalue weighted by molar-refractivity contribution is 5.85. The van der Waals surface area contributed by atoms with Crippen LogP contribution in [0.15, 0.2) is 24.3 Å². The molecule has 0 spiro atoms. The largest absolute Gasteiger partial charge is 0.340 e. The molecule has 1 aromatic carbocycles. The van der Waals surface area contributed by atoms with Crippen LogP contribution >= 0.6 is 0 Å². The number of fused-ring (bicyclic) bond motifs is 2. The molecule has 20 heavy (non-hydrogen) atoms. The third-order valence-electron chi connectivity index (χ3n) is 4.95. The zero-order valence-corrected chi connectivity index (χ0v) is 11.9. The first-order chi connectivity index (χ1) is 9.69. The molecule has 2 saturated heterocycles. The summed E-state index contributed by atoms with van der Waals surface area (Å²) in [5.74, 6) is 0.496. The van der Waals surface area contributed by atoms with Gasteiger partial charge >= 0.3 is 5.91 Å². The van der Waals surface area contributed by atoms with Crippen LogP contribution in [0, 0.1) is 0 Å². The zero-order chi connectivity index (χ0) is 14.1. The number of amides is 1. The summed E-state index contributed by atoms with van der Waals surface area (Å²) < 4.78 is 0. The molecule has 2 bridgehead atoms. The molecule has 4 heteroatoms. The van der Waals surface area contributed by atoms with Crippen molar-refractivity contribution in [3.05, 3.63) is 35.4 Å². The number of carbonyl (C=O) groups excluding carboxylic acids is 1. The molecule has 4 nitrogen and oxygen atoms in total. The summed E-state index contributed by atoms with van der Waals surface area (Å²) in [7, 11) is 0. The Kier molecular flexibility index (Phi) is 3.87. The van der Waals surface area contributed by atoms with Crippen LogP contribution in [0.4, 0.5) is 0 Å². The molecule has 108 valence electrons. The number of benzene rings is 1. The third kappa shape index (κ3) is 2.51. The van der Waals surface area contributed by atoms with Gasteiger partial charge in [-0.05, 0) is 49.3 Å². The van der Waals surface area contributed by atoms with Gasteiger partial charge in [-0.1, -0.05) is 12.1 Å². The quantitative estimate of drug-likeness (QED) is 0.850. The van der Waals surface area contributed by atoms with Gasteiger partial charge in [0.25, 0.3) is 0 Å². The van der Waals surface area contributed by atoms with E-state index in [-0.39, 0.29) is 5.91 Å². The number of nitrogens with zero attached hydrogens (tertiary/aromatic N) is 1. The van der Waals surface area contributed by atoms with Crippen molar-refractivity contribution < 1.29 is 10.5 Å². The van der Waals surface area contributed by atoms with Crippen molar-refractivity contribution in [3.63, 3.8) is 0 Å². The Morgan fingerprint density at radius 1 is 1.30 bits per heavy atom. The molecule has 2 aliphatic heterocycles. The number of nitrogens with two attached hydrogens (primary N) is 1. The fourth-order valence-corrected chi connectivity index (χ4v) is 4.03. The summed E-state index contributed by atoms with van der Waals surface area (Å²) in [6, 6.07) is 9.41. The smallest absolute Gasteiger partial charge is 0.329 e. The Morgan fingerprint density at radius 3 is 2.60 bits per heavy atom. The summed E-state index contributed by atoms with van der Waals surface area (Å²) >= 11 is 0. The summed E-state index contributed by atoms with van der Waals surface area (Å²) in [4.78, 5) is 14.0. The predicted octanol–water partition coefficient (Wildman–Crippen LogP) is 0.738. The van der Waals surface area contributed by atoms with Crippen molar-refractivity contribution in [1.82, 2.24) is 4.90 Å². The summed E-state index contributed by atoms with van der Waals surface area (Å²) in [5.41, 5.74) is 11.3. The molecule has 1 amide bonds. The van der Waals surface area contributed by atoms with Crippen LogP contribution in [0.5, 0.6) is 0 Å². The van der Waals surface area contributed by atoms with E-state index < -0.39 is 0 Å². The van der Waals surface area contributed by atoms with Gasteiger partial charge in [-0.15, -0.1) is 0 Å². The number of rotatable bonds is 4. The molecule has 2 aliphatic rings. The molecular formula is C16H24N3O+. The lowest BCUT2D eigenvalue weighted by Gasteiger charge is -2.39. The van der Waals surface area contributed by atoms with E-state index in [0.29, 0.717) is 18.0 Å². The Bertz CT molecular complexity index is 488. The second-order valence-corrected chi connectivity index (χ2v) is 6.13. The van der Waals surface area contributed by atoms with E-state index >= 15 is 0 Å². The van der Waals surface area contributed by atoms with Gasteiger partial charge < -0.3 is 5.73 Å². The van der Waals surface area contributed by atoms with Crippen molar-refractivity contribution in [2.45, 2.75) is 43.7 Å². The molecule has 3 rings (SSSR count). The average Bonchev–Trinajstić information content (AvgIpc) is 2.70. The van der Waals surface area contributed by atoms with E-state index in [0.717, 1.165) is 18.7 Å². The van der Waals surface area contributed by atoms with E-state index in [2.05, 4.69) is 16.7 Å². The monoisotopic (exact) mass is 274 g/mol. The zero-order valence-electron chi connectivity index (χ0n) is 11.9. The molecule has 0 radical (unpaired) electrons. The SMILES string of the molecule is NCCN1C2CCC1CC(c1cccc(C([NH3+])=O)c1)C2. The second-order valence-electron chi connectivity index (χ2n) is 6.13. The summed E-state index contributed by atoms with van der Waals surface area (Å²) in [6.07, 6.45) is 5.00. The molecule has 2 fully saturated rings. The maximum absolute atomic E-state index is 11.4. The molecular weight excluding hydrogens is 250 g/mol. The van der Waals surface area contributed by atoms with Crippen LogP contribution in [0.3, 0.4) is 0 Å². The van der Waals surface area contributed by atoms with Gasteiger partial charge in [0.05, 0.1) is 5.56 Å². The Hall–Kier alpha value is -1.23. The summed E-state index contributed by atoms with van der Waals surface area (Å²) in [6.45, 7) is 1.78. The molecule has 5 N–H and O–H groups in total. The van der Waals surface area contributed by atoms with Crippen molar-refractivity contribution in [2.24, 2.45) is 5.73 Å². The van der Waals surface area contributed by atoms with Crippen molar-refractivity contribution in [3.8, 4) is 0 Å². The van der Waals surface area contributed by atoms with E-state index in [1.807, 2.05) is 18.2 Å². The van der Waals surface area contributed by atoms with E-state index in [4.69, 9.17) is 5.73 Å². The van der Waals surface area contributed by atoms with Gasteiger partial charge in [0.2, 0.25) is 0 Å². The van der Waals surface area contributed by atoms with Gasteiger partial charge in [-0.2, -0.15) is 0 Å². The van der Waals surface area contributed by atoms with Crippen LogP contribution in [0.2, 0.25) is 0 Å². The second kappa shape index (κ2) is 5.64. The minimum absolute atomic E-state index is 0.0876. The number of hydrogen-bond acceptors (Lipinski definition) is 3. The van der Waals surface area contributed by atoms with Crippen LogP contribution in [-0.4, -0.2) is 36.0 Å². The molecule has 0 aliphatic carbocycles. The predicted molar refractivity (Wildman–Crippen MR) is 78.2 cm³/mol. The van der Waals surface area contributed by atoms with Crippen molar-refractivity contribution >= 4 is 5.91 Å². The highest BCUT2D eigenvalue weighted by Crippen LogP contribution is 2.42. The number of piperidine rings is 1. The van der Waals surface area contributed by atoms with Gasteiger partial charge in [0.15, 0.2) is 0 Å². The maximum Gasteiger partial charge on any atom is 0.340 e. The average molecular weight is 274 g/mol. The number of quaternary nitrogens is 1. The number of hydrogen-bond donors (Lipinski definition) is 2. The molecule has 0 saturated carbocycles. The molecule has 2 atom stereocenters. The highest BCUT2D eigenvalue weighted by atomic mass is 16.1. The lowest BCUT2D eigenvalue weighted by Crippen LogP contribution is -2.56. The van der Waals surface area contributed by atoms with Crippen LogP contribution in [0.25, 0.3) is 0 Å². The van der Waals surface area contributed by atoms with Crippen LogP contribution < -0.4 is 11.5 Å². The van der Waals surface area contributed by atoms with Crippen molar-refractivity contribution in [2.75, 3.05) is 13.1 Å². The van der Waals surface area contributed by atoms with Crippen molar-refractivity contribution in [1.29, 1.82) is 0 Å². The Morgan fingerprint density at radius 2 is 2.00 bits per heavy atom. The number of carbonyl (C=O) groups is 1. The minimum atomic E-state index is -0.0876. The Balaban J connectivity index is 1.77. The van der Waals surface area contributed by atoms with Gasteiger partial charge in [-0.3, -0.25) is 10.6 Å². The molecule has 2 heterocycles. The van der Waals surface area contributed by atoms with Crippen LogP contribution in [0.1, 0.15) is 47.5 Å². The topological polar surface area (TPSA) is 74.0 Å². The lowest BCUT2D eigenvalue weighted by atomic mass is 9.84. The molecule has 1 aromatic rings. The molecule has 2 unspecified atom stereocenters. The third-order valence-corrected chi connectivity index (χ3v) is 4.95.